The van der Waals surface area contributed by atoms with E-state index in [0.29, 0.717) is 32.0 Å². The van der Waals surface area contributed by atoms with Crippen molar-refractivity contribution < 1.29 is 19.5 Å². The summed E-state index contributed by atoms with van der Waals surface area (Å²) < 4.78 is 0. The summed E-state index contributed by atoms with van der Waals surface area (Å²) in [6, 6.07) is 3.90. The van der Waals surface area contributed by atoms with Gasteiger partial charge in [0.1, 0.15) is 11.9 Å². The van der Waals surface area contributed by atoms with E-state index in [2.05, 4.69) is 25.4 Å². The Bertz CT molecular complexity index is 754. The van der Waals surface area contributed by atoms with Crippen LogP contribution in [0.2, 0.25) is 0 Å². The van der Waals surface area contributed by atoms with Crippen LogP contribution in [0.5, 0.6) is 0 Å². The molecule has 9 nitrogen and oxygen atoms in total. The van der Waals surface area contributed by atoms with Crippen LogP contribution >= 0.6 is 0 Å². The number of carboxylic acid groups (broad SMARTS) is 1. The van der Waals surface area contributed by atoms with Crippen molar-refractivity contribution in [1.82, 2.24) is 15.2 Å². The number of aliphatic carboxylic acids is 1. The highest BCUT2D eigenvalue weighted by molar-refractivity contribution is 6.01. The monoisotopic (exact) mass is 387 g/mol. The van der Waals surface area contributed by atoms with Gasteiger partial charge in [0.05, 0.1) is 17.8 Å². The van der Waals surface area contributed by atoms with Crippen LogP contribution in [-0.4, -0.2) is 71.0 Å². The fourth-order valence-corrected chi connectivity index (χ4v) is 4.12. The lowest BCUT2D eigenvalue weighted by atomic mass is 9.93. The first-order valence-corrected chi connectivity index (χ1v) is 9.77. The van der Waals surface area contributed by atoms with Crippen LogP contribution in [0.4, 0.5) is 11.5 Å². The third kappa shape index (κ3) is 3.94. The maximum absolute atomic E-state index is 11.8. The number of pyridine rings is 1. The summed E-state index contributed by atoms with van der Waals surface area (Å²) in [6.45, 7) is 3.12. The van der Waals surface area contributed by atoms with Crippen LogP contribution in [0.25, 0.3) is 0 Å². The third-order valence-corrected chi connectivity index (χ3v) is 5.89. The van der Waals surface area contributed by atoms with E-state index in [-0.39, 0.29) is 17.7 Å². The largest absolute Gasteiger partial charge is 0.481 e. The SMILES string of the molecule is O=C1CCC(Nc2ccc(N3CCC(N4CC(C(=O)O)C4)CC3)nc2)C(=O)N1. The van der Waals surface area contributed by atoms with Crippen LogP contribution in [0.15, 0.2) is 18.3 Å². The zero-order chi connectivity index (χ0) is 19.7. The number of likely N-dealkylation sites (tertiary alicyclic amines) is 1. The Hall–Kier alpha value is -2.68. The van der Waals surface area contributed by atoms with Crippen molar-refractivity contribution in [2.24, 2.45) is 5.92 Å². The number of imide groups is 1. The van der Waals surface area contributed by atoms with Gasteiger partial charge in [0.25, 0.3) is 0 Å². The van der Waals surface area contributed by atoms with E-state index in [1.807, 2.05) is 12.1 Å². The van der Waals surface area contributed by atoms with Crippen molar-refractivity contribution in [1.29, 1.82) is 0 Å². The van der Waals surface area contributed by atoms with E-state index in [4.69, 9.17) is 5.11 Å². The van der Waals surface area contributed by atoms with Crippen LogP contribution < -0.4 is 15.5 Å². The molecule has 3 N–H and O–H groups in total. The molecule has 3 aliphatic rings. The van der Waals surface area contributed by atoms with E-state index >= 15 is 0 Å². The summed E-state index contributed by atoms with van der Waals surface area (Å²) in [4.78, 5) is 43.0. The van der Waals surface area contributed by atoms with E-state index < -0.39 is 12.0 Å². The van der Waals surface area contributed by atoms with Crippen LogP contribution in [-0.2, 0) is 14.4 Å². The second-order valence-corrected chi connectivity index (χ2v) is 7.76. The first-order chi connectivity index (χ1) is 13.5. The maximum Gasteiger partial charge on any atom is 0.309 e. The summed E-state index contributed by atoms with van der Waals surface area (Å²) in [5, 5.41) is 14.5. The normalized spacial score (nSPS) is 24.6. The van der Waals surface area contributed by atoms with Crippen molar-refractivity contribution in [3.8, 4) is 0 Å². The van der Waals surface area contributed by atoms with Gasteiger partial charge < -0.3 is 15.3 Å². The Morgan fingerprint density at radius 2 is 1.93 bits per heavy atom. The van der Waals surface area contributed by atoms with Gasteiger partial charge in [0, 0.05) is 38.6 Å². The van der Waals surface area contributed by atoms with E-state index in [9.17, 15) is 14.4 Å². The number of amides is 2. The fraction of sp³-hybridized carbons (Fsp3) is 0.579. The molecule has 0 aliphatic carbocycles. The molecule has 9 heteroatoms. The van der Waals surface area contributed by atoms with Gasteiger partial charge >= 0.3 is 5.97 Å². The second-order valence-electron chi connectivity index (χ2n) is 7.76. The molecule has 150 valence electrons. The number of carbonyl (C=O) groups is 3. The van der Waals surface area contributed by atoms with Crippen molar-refractivity contribution >= 4 is 29.3 Å². The Labute approximate surface area is 163 Å². The number of nitrogens with zero attached hydrogens (tertiary/aromatic N) is 3. The minimum atomic E-state index is -0.691. The highest BCUT2D eigenvalue weighted by atomic mass is 16.4. The van der Waals surface area contributed by atoms with E-state index in [1.165, 1.54) is 0 Å². The van der Waals surface area contributed by atoms with Crippen LogP contribution in [0.1, 0.15) is 25.7 Å². The molecule has 4 rings (SSSR count). The summed E-state index contributed by atoms with van der Waals surface area (Å²) in [5.41, 5.74) is 0.758. The lowest BCUT2D eigenvalue weighted by Crippen LogP contribution is -2.57. The molecule has 1 aromatic rings. The van der Waals surface area contributed by atoms with Crippen molar-refractivity contribution in [3.05, 3.63) is 18.3 Å². The van der Waals surface area contributed by atoms with Crippen molar-refractivity contribution in [3.63, 3.8) is 0 Å². The molecule has 1 aromatic heterocycles. The first kappa shape index (κ1) is 18.7. The zero-order valence-electron chi connectivity index (χ0n) is 15.6. The second kappa shape index (κ2) is 7.75. The van der Waals surface area contributed by atoms with Gasteiger partial charge in [-0.25, -0.2) is 4.98 Å². The van der Waals surface area contributed by atoms with Crippen LogP contribution in [0.3, 0.4) is 0 Å². The topological polar surface area (TPSA) is 115 Å². The van der Waals surface area contributed by atoms with Crippen molar-refractivity contribution in [2.45, 2.75) is 37.8 Å². The third-order valence-electron chi connectivity index (χ3n) is 5.89. The fourth-order valence-electron chi connectivity index (χ4n) is 4.12. The molecule has 3 saturated heterocycles. The smallest absolute Gasteiger partial charge is 0.309 e. The zero-order valence-corrected chi connectivity index (χ0v) is 15.6. The highest BCUT2D eigenvalue weighted by Gasteiger charge is 2.37. The van der Waals surface area contributed by atoms with Crippen molar-refractivity contribution in [2.75, 3.05) is 36.4 Å². The number of aromatic nitrogens is 1. The summed E-state index contributed by atoms with van der Waals surface area (Å²) in [5.74, 6) is -0.512. The van der Waals surface area contributed by atoms with E-state index in [0.717, 1.165) is 37.4 Å². The Kier molecular flexibility index (Phi) is 5.17. The number of carboxylic acids is 1. The predicted molar refractivity (Wildman–Crippen MR) is 102 cm³/mol. The van der Waals surface area contributed by atoms with E-state index in [1.54, 1.807) is 6.20 Å². The molecule has 0 aromatic carbocycles. The first-order valence-electron chi connectivity index (χ1n) is 9.77. The minimum absolute atomic E-state index is 0.205. The lowest BCUT2D eigenvalue weighted by Gasteiger charge is -2.45. The van der Waals surface area contributed by atoms with Gasteiger partial charge in [0.15, 0.2) is 0 Å². The molecule has 0 bridgehead atoms. The molecule has 2 amide bonds. The number of piperidine rings is 2. The minimum Gasteiger partial charge on any atom is -0.481 e. The molecule has 0 saturated carbocycles. The van der Waals surface area contributed by atoms with Crippen LogP contribution in [0, 0.1) is 5.92 Å². The number of nitrogens with one attached hydrogen (secondary N) is 2. The molecule has 0 radical (unpaired) electrons. The number of carbonyl (C=O) groups excluding carboxylic acids is 2. The summed E-state index contributed by atoms with van der Waals surface area (Å²) in [6.07, 6.45) is 4.56. The Morgan fingerprint density at radius 3 is 2.54 bits per heavy atom. The molecule has 1 atom stereocenters. The maximum atomic E-state index is 11.8. The summed E-state index contributed by atoms with van der Waals surface area (Å²) in [7, 11) is 0. The Balaban J connectivity index is 1.26. The standard InChI is InChI=1S/C19H25N5O4/c25-17-4-2-15(18(26)22-17)21-13-1-3-16(20-9-13)23-7-5-14(6-8-23)24-10-12(11-24)19(27)28/h1,3,9,12,14-15,21H,2,4-8,10-11H2,(H,27,28)(H,22,25,26). The summed E-state index contributed by atoms with van der Waals surface area (Å²) >= 11 is 0. The van der Waals surface area contributed by atoms with Gasteiger partial charge in [-0.05, 0) is 31.4 Å². The average molecular weight is 387 g/mol. The predicted octanol–water partition coefficient (Wildman–Crippen LogP) is 0.284. The molecule has 0 spiro atoms. The van der Waals surface area contributed by atoms with Gasteiger partial charge in [-0.2, -0.15) is 0 Å². The average Bonchev–Trinajstić information content (AvgIpc) is 2.64. The highest BCUT2D eigenvalue weighted by Crippen LogP contribution is 2.27. The van der Waals surface area contributed by atoms with Gasteiger partial charge in [-0.3, -0.25) is 24.6 Å². The quantitative estimate of drug-likeness (QED) is 0.618. The number of hydrogen-bond donors (Lipinski definition) is 3. The van der Waals surface area contributed by atoms with Gasteiger partial charge in [0.2, 0.25) is 11.8 Å². The molecular weight excluding hydrogens is 362 g/mol. The molecule has 3 fully saturated rings. The molecule has 1 unspecified atom stereocenters. The molecular formula is C19H25N5O4. The number of hydrogen-bond acceptors (Lipinski definition) is 7. The molecule has 3 aliphatic heterocycles. The van der Waals surface area contributed by atoms with Gasteiger partial charge in [-0.1, -0.05) is 0 Å². The number of anilines is 2. The number of rotatable bonds is 5. The molecule has 28 heavy (non-hydrogen) atoms. The lowest BCUT2D eigenvalue weighted by molar-refractivity contribution is -0.149. The molecule has 4 heterocycles. The Morgan fingerprint density at radius 1 is 1.18 bits per heavy atom. The van der Waals surface area contributed by atoms with Gasteiger partial charge in [-0.15, -0.1) is 0 Å².